The van der Waals surface area contributed by atoms with Crippen molar-refractivity contribution in [2.45, 2.75) is 65.0 Å². The lowest BCUT2D eigenvalue weighted by Gasteiger charge is -2.23. The zero-order valence-electron chi connectivity index (χ0n) is 24.4. The predicted octanol–water partition coefficient (Wildman–Crippen LogP) is 4.55. The molecule has 0 saturated carbocycles. The summed E-state index contributed by atoms with van der Waals surface area (Å²) in [5, 5.41) is 18.8. The number of alkyl carbamates (subject to hydrolysis) is 1. The summed E-state index contributed by atoms with van der Waals surface area (Å²) < 4.78 is 5.20. The van der Waals surface area contributed by atoms with E-state index in [2.05, 4.69) is 20.9 Å². The van der Waals surface area contributed by atoms with Crippen LogP contribution in [0.3, 0.4) is 0 Å². The summed E-state index contributed by atoms with van der Waals surface area (Å²) in [7, 11) is 0. The number of amides is 3. The van der Waals surface area contributed by atoms with E-state index in [9.17, 15) is 24.3 Å². The standard InChI is InChI=1S/C32H42N4O6/c1-22(2)17-24(19-29(37)38)30(39)36-28(18-25-20-35-27-14-8-7-13-26(25)27)31(40)33-15-9-4-10-16-34-32(41)42-21-23-11-5-3-6-12-23/h3,5-8,11-14,20,22,24,28,35H,4,9-10,15-19,21H2,1-2H3,(H,33,40)(H,34,41)(H,36,39)(H,37,38)/t24?,28-/m1/s1. The van der Waals surface area contributed by atoms with E-state index in [4.69, 9.17) is 4.74 Å². The van der Waals surface area contributed by atoms with Gasteiger partial charge in [-0.1, -0.05) is 62.4 Å². The number of aromatic amines is 1. The molecule has 0 spiro atoms. The second kappa shape index (κ2) is 16.8. The number of fused-ring (bicyclic) bond motifs is 1. The number of carboxylic acid groups (broad SMARTS) is 1. The molecule has 226 valence electrons. The van der Waals surface area contributed by atoms with Crippen LogP contribution in [0, 0.1) is 11.8 Å². The normalized spacial score (nSPS) is 12.5. The molecule has 42 heavy (non-hydrogen) atoms. The third-order valence-electron chi connectivity index (χ3n) is 6.91. The van der Waals surface area contributed by atoms with Crippen LogP contribution in [0.25, 0.3) is 10.9 Å². The van der Waals surface area contributed by atoms with Crippen LogP contribution < -0.4 is 16.0 Å². The minimum absolute atomic E-state index is 0.126. The molecule has 0 aliphatic heterocycles. The van der Waals surface area contributed by atoms with E-state index in [0.29, 0.717) is 25.9 Å². The Hall–Kier alpha value is -4.34. The predicted molar refractivity (Wildman–Crippen MR) is 161 cm³/mol. The number of para-hydroxylation sites is 1. The highest BCUT2D eigenvalue weighted by atomic mass is 16.5. The van der Waals surface area contributed by atoms with E-state index in [-0.39, 0.29) is 31.3 Å². The number of aliphatic carboxylic acids is 1. The molecule has 0 aliphatic rings. The lowest BCUT2D eigenvalue weighted by atomic mass is 9.92. The van der Waals surface area contributed by atoms with E-state index in [1.165, 1.54) is 0 Å². The molecule has 2 aromatic carbocycles. The van der Waals surface area contributed by atoms with Gasteiger partial charge in [0.05, 0.1) is 6.42 Å². The van der Waals surface area contributed by atoms with Gasteiger partial charge < -0.3 is 30.8 Å². The van der Waals surface area contributed by atoms with Crippen molar-refractivity contribution >= 4 is 34.8 Å². The molecule has 0 bridgehead atoms. The molecule has 0 fully saturated rings. The maximum Gasteiger partial charge on any atom is 0.407 e. The Morgan fingerprint density at radius 2 is 1.57 bits per heavy atom. The van der Waals surface area contributed by atoms with Gasteiger partial charge in [0.25, 0.3) is 0 Å². The number of hydrogen-bond donors (Lipinski definition) is 5. The third kappa shape index (κ3) is 10.9. The maximum absolute atomic E-state index is 13.2. The molecule has 1 heterocycles. The Bertz CT molecular complexity index is 1310. The number of unbranched alkanes of at least 4 members (excludes halogenated alkanes) is 2. The first kappa shape index (κ1) is 32.2. The number of rotatable bonds is 17. The lowest BCUT2D eigenvalue weighted by molar-refractivity contribution is -0.141. The van der Waals surface area contributed by atoms with Gasteiger partial charge in [-0.2, -0.15) is 0 Å². The Kier molecular flexibility index (Phi) is 12.9. The van der Waals surface area contributed by atoms with Crippen LogP contribution in [0.2, 0.25) is 0 Å². The summed E-state index contributed by atoms with van der Waals surface area (Å²) in [6, 6.07) is 16.3. The van der Waals surface area contributed by atoms with Gasteiger partial charge in [-0.25, -0.2) is 4.79 Å². The van der Waals surface area contributed by atoms with Gasteiger partial charge in [0.1, 0.15) is 12.6 Å². The molecule has 1 unspecified atom stereocenters. The minimum atomic E-state index is -1.05. The van der Waals surface area contributed by atoms with E-state index in [0.717, 1.165) is 34.9 Å². The van der Waals surface area contributed by atoms with Crippen LogP contribution in [0.15, 0.2) is 60.8 Å². The number of aromatic nitrogens is 1. The van der Waals surface area contributed by atoms with Crippen LogP contribution in [0.4, 0.5) is 4.79 Å². The van der Waals surface area contributed by atoms with Crippen molar-refractivity contribution in [3.63, 3.8) is 0 Å². The van der Waals surface area contributed by atoms with Crippen molar-refractivity contribution in [1.82, 2.24) is 20.9 Å². The fourth-order valence-electron chi connectivity index (χ4n) is 4.81. The zero-order chi connectivity index (χ0) is 30.3. The highest BCUT2D eigenvalue weighted by molar-refractivity contribution is 5.91. The zero-order valence-corrected chi connectivity index (χ0v) is 24.4. The maximum atomic E-state index is 13.2. The summed E-state index contributed by atoms with van der Waals surface area (Å²) in [4.78, 5) is 52.9. The van der Waals surface area contributed by atoms with Crippen LogP contribution in [0.5, 0.6) is 0 Å². The number of ether oxygens (including phenoxy) is 1. The van der Waals surface area contributed by atoms with Gasteiger partial charge >= 0.3 is 12.1 Å². The van der Waals surface area contributed by atoms with Gasteiger partial charge in [0.15, 0.2) is 0 Å². The monoisotopic (exact) mass is 578 g/mol. The third-order valence-corrected chi connectivity index (χ3v) is 6.91. The van der Waals surface area contributed by atoms with Crippen LogP contribution >= 0.6 is 0 Å². The first-order valence-corrected chi connectivity index (χ1v) is 14.5. The van der Waals surface area contributed by atoms with E-state index in [1.54, 1.807) is 0 Å². The summed E-state index contributed by atoms with van der Waals surface area (Å²) in [5.74, 6) is -2.41. The van der Waals surface area contributed by atoms with Crippen LogP contribution in [-0.2, 0) is 32.1 Å². The van der Waals surface area contributed by atoms with Gasteiger partial charge in [-0.15, -0.1) is 0 Å². The highest BCUT2D eigenvalue weighted by Crippen LogP contribution is 2.20. The number of carbonyl (C=O) groups excluding carboxylic acids is 3. The summed E-state index contributed by atoms with van der Waals surface area (Å²) in [6.07, 6.45) is 3.92. The second-order valence-electron chi connectivity index (χ2n) is 10.9. The van der Waals surface area contributed by atoms with Gasteiger partial charge in [-0.05, 0) is 48.8 Å². The van der Waals surface area contributed by atoms with Crippen molar-refractivity contribution in [2.75, 3.05) is 13.1 Å². The summed E-state index contributed by atoms with van der Waals surface area (Å²) in [5.41, 5.74) is 2.73. The topological polar surface area (TPSA) is 150 Å². The fraction of sp³-hybridized carbons (Fsp3) is 0.438. The Balaban J connectivity index is 1.49. The molecule has 0 radical (unpaired) electrons. The average molecular weight is 579 g/mol. The molecular formula is C32H42N4O6. The first-order chi connectivity index (χ1) is 20.2. The minimum Gasteiger partial charge on any atom is -0.481 e. The highest BCUT2D eigenvalue weighted by Gasteiger charge is 2.28. The Morgan fingerprint density at radius 1 is 0.881 bits per heavy atom. The summed E-state index contributed by atoms with van der Waals surface area (Å²) >= 11 is 0. The molecule has 3 aromatic rings. The van der Waals surface area contributed by atoms with Gasteiger partial charge in [0, 0.05) is 42.5 Å². The molecule has 1 aromatic heterocycles. The lowest BCUT2D eigenvalue weighted by Crippen LogP contribution is -2.50. The quantitative estimate of drug-likeness (QED) is 0.148. The first-order valence-electron chi connectivity index (χ1n) is 14.5. The van der Waals surface area contributed by atoms with Crippen molar-refractivity contribution < 1.29 is 29.0 Å². The molecule has 0 aliphatic carbocycles. The van der Waals surface area contributed by atoms with Crippen molar-refractivity contribution in [1.29, 1.82) is 0 Å². The van der Waals surface area contributed by atoms with Crippen molar-refractivity contribution in [2.24, 2.45) is 11.8 Å². The number of carbonyl (C=O) groups is 4. The number of benzene rings is 2. The molecule has 10 nitrogen and oxygen atoms in total. The largest absolute Gasteiger partial charge is 0.481 e. The van der Waals surface area contributed by atoms with Crippen molar-refractivity contribution in [3.8, 4) is 0 Å². The second-order valence-corrected chi connectivity index (χ2v) is 10.9. The molecule has 3 rings (SSSR count). The number of hydrogen-bond acceptors (Lipinski definition) is 5. The average Bonchev–Trinajstić information content (AvgIpc) is 3.37. The van der Waals surface area contributed by atoms with Crippen LogP contribution in [-0.4, -0.2) is 53.1 Å². The molecule has 3 amide bonds. The van der Waals surface area contributed by atoms with E-state index < -0.39 is 29.9 Å². The molecule has 2 atom stereocenters. The van der Waals surface area contributed by atoms with E-state index >= 15 is 0 Å². The van der Waals surface area contributed by atoms with Gasteiger partial charge in [-0.3, -0.25) is 14.4 Å². The molecule has 0 saturated heterocycles. The molecular weight excluding hydrogens is 536 g/mol. The smallest absolute Gasteiger partial charge is 0.407 e. The van der Waals surface area contributed by atoms with Crippen LogP contribution in [0.1, 0.15) is 57.1 Å². The SMILES string of the molecule is CC(C)CC(CC(=O)O)C(=O)N[C@H](Cc1c[nH]c2ccccc12)C(=O)NCCCCCNC(=O)OCc1ccccc1. The number of H-pyrrole nitrogens is 1. The Morgan fingerprint density at radius 3 is 2.29 bits per heavy atom. The molecule has 10 heteroatoms. The molecule has 5 N–H and O–H groups in total. The van der Waals surface area contributed by atoms with Crippen molar-refractivity contribution in [3.05, 3.63) is 71.9 Å². The van der Waals surface area contributed by atoms with E-state index in [1.807, 2.05) is 74.6 Å². The summed E-state index contributed by atoms with van der Waals surface area (Å²) in [6.45, 7) is 4.94. The van der Waals surface area contributed by atoms with Gasteiger partial charge in [0.2, 0.25) is 11.8 Å². The fourth-order valence-corrected chi connectivity index (χ4v) is 4.81. The number of carboxylic acids is 1. The number of nitrogens with one attached hydrogen (secondary N) is 4. The Labute approximate surface area is 246 Å².